The van der Waals surface area contributed by atoms with Gasteiger partial charge in [-0.25, -0.2) is 23.1 Å². The van der Waals surface area contributed by atoms with E-state index in [4.69, 9.17) is 0 Å². The highest BCUT2D eigenvalue weighted by atomic mass is 19.1. The van der Waals surface area contributed by atoms with Crippen LogP contribution in [0.1, 0.15) is 16.8 Å². The second-order valence-electron chi connectivity index (χ2n) is 7.25. The first-order chi connectivity index (χ1) is 15.0. The Bertz CT molecular complexity index is 1120. The third kappa shape index (κ3) is 5.16. The minimum absolute atomic E-state index is 0.0268. The van der Waals surface area contributed by atoms with Crippen molar-refractivity contribution in [3.8, 4) is 0 Å². The van der Waals surface area contributed by atoms with Crippen molar-refractivity contribution in [1.29, 1.82) is 0 Å². The zero-order valence-corrected chi connectivity index (χ0v) is 16.6. The van der Waals surface area contributed by atoms with Gasteiger partial charge in [0.1, 0.15) is 29.9 Å². The van der Waals surface area contributed by atoms with E-state index in [0.29, 0.717) is 18.8 Å². The lowest BCUT2D eigenvalue weighted by Gasteiger charge is -2.29. The Hall–Kier alpha value is -3.50. The van der Waals surface area contributed by atoms with Crippen LogP contribution in [0.4, 0.5) is 8.78 Å². The van der Waals surface area contributed by atoms with Gasteiger partial charge >= 0.3 is 0 Å². The average molecular weight is 425 g/mol. The first-order valence-electron chi connectivity index (χ1n) is 9.66. The van der Waals surface area contributed by atoms with E-state index in [1.165, 1.54) is 23.4 Å². The second kappa shape index (κ2) is 9.11. The fourth-order valence-electron chi connectivity index (χ4n) is 3.35. The maximum absolute atomic E-state index is 14.4. The third-order valence-electron chi connectivity index (χ3n) is 4.82. The minimum atomic E-state index is -1.69. The van der Waals surface area contributed by atoms with Gasteiger partial charge in [-0.1, -0.05) is 41.6 Å². The first-order valence-corrected chi connectivity index (χ1v) is 9.66. The van der Waals surface area contributed by atoms with Crippen LogP contribution >= 0.6 is 0 Å². The average Bonchev–Trinajstić information content (AvgIpc) is 3.41. The number of nitrogens with zero attached hydrogens (tertiary/aromatic N) is 6. The number of benzene rings is 2. The predicted octanol–water partition coefficient (Wildman–Crippen LogP) is 1.87. The van der Waals surface area contributed by atoms with Crippen LogP contribution in [0, 0.1) is 11.6 Å². The van der Waals surface area contributed by atoms with E-state index in [2.05, 4.69) is 25.7 Å². The molecule has 0 bridgehead atoms. The second-order valence-corrected chi connectivity index (χ2v) is 7.25. The molecule has 4 rings (SSSR count). The monoisotopic (exact) mass is 425 g/mol. The number of aliphatic hydroxyl groups is 1. The molecule has 0 saturated carbocycles. The zero-order valence-electron chi connectivity index (χ0n) is 16.6. The van der Waals surface area contributed by atoms with E-state index in [9.17, 15) is 13.9 Å². The number of nitrogens with one attached hydrogen (secondary N) is 1. The van der Waals surface area contributed by atoms with Crippen LogP contribution in [-0.2, 0) is 25.2 Å². The molecule has 0 saturated heterocycles. The predicted molar refractivity (Wildman–Crippen MR) is 108 cm³/mol. The van der Waals surface area contributed by atoms with E-state index in [1.807, 2.05) is 30.3 Å². The van der Waals surface area contributed by atoms with Crippen LogP contribution in [0.15, 0.2) is 67.4 Å². The molecule has 0 aliphatic heterocycles. The van der Waals surface area contributed by atoms with E-state index in [0.717, 1.165) is 17.7 Å². The normalized spacial score (nSPS) is 13.3. The quantitative estimate of drug-likeness (QED) is 0.425. The highest BCUT2D eigenvalue weighted by molar-refractivity contribution is 5.25. The number of hydrogen-bond acceptors (Lipinski definition) is 6. The van der Waals surface area contributed by atoms with E-state index in [1.54, 1.807) is 10.9 Å². The molecule has 0 spiro atoms. The molecule has 160 valence electrons. The summed E-state index contributed by atoms with van der Waals surface area (Å²) in [6.07, 6.45) is 4.54. The van der Waals surface area contributed by atoms with Crippen LogP contribution < -0.4 is 5.32 Å². The van der Waals surface area contributed by atoms with Gasteiger partial charge in [-0.3, -0.25) is 0 Å². The standard InChI is InChI=1S/C21H21F2N7O/c22-17-6-7-19(20(23)8-17)21(31,13-30-15-25-14-26-30)12-24-9-18-11-29(28-27-18)10-16-4-2-1-3-5-16/h1-8,11,14-15,24,31H,9-10,12-13H2. The van der Waals surface area contributed by atoms with Crippen molar-refractivity contribution in [1.82, 2.24) is 35.1 Å². The third-order valence-corrected chi connectivity index (χ3v) is 4.82. The summed E-state index contributed by atoms with van der Waals surface area (Å²) >= 11 is 0. The molecule has 2 aromatic carbocycles. The Labute approximate surface area is 177 Å². The molecule has 4 aromatic rings. The van der Waals surface area contributed by atoms with Gasteiger partial charge in [0.15, 0.2) is 0 Å². The molecular formula is C21H21F2N7O. The Morgan fingerprint density at radius 2 is 1.90 bits per heavy atom. The number of hydrogen-bond donors (Lipinski definition) is 2. The van der Waals surface area contributed by atoms with Crippen molar-refractivity contribution in [3.05, 3.63) is 95.8 Å². The molecule has 0 radical (unpaired) electrons. The van der Waals surface area contributed by atoms with Gasteiger partial charge in [-0.05, 0) is 11.6 Å². The van der Waals surface area contributed by atoms with E-state index in [-0.39, 0.29) is 18.7 Å². The van der Waals surface area contributed by atoms with Crippen LogP contribution in [-0.4, -0.2) is 41.4 Å². The Morgan fingerprint density at radius 1 is 1.06 bits per heavy atom. The fraction of sp³-hybridized carbons (Fsp3) is 0.238. The summed E-state index contributed by atoms with van der Waals surface area (Å²) in [6, 6.07) is 13.0. The lowest BCUT2D eigenvalue weighted by Crippen LogP contribution is -2.42. The SMILES string of the molecule is OC(CNCc1cn(Cc2ccccc2)nn1)(Cn1cncn1)c1ccc(F)cc1F. The maximum Gasteiger partial charge on any atom is 0.137 e. The van der Waals surface area contributed by atoms with Gasteiger partial charge in [0.2, 0.25) is 0 Å². The van der Waals surface area contributed by atoms with Crippen molar-refractivity contribution in [2.45, 2.75) is 25.2 Å². The molecule has 0 amide bonds. The molecule has 1 unspecified atom stereocenters. The number of aromatic nitrogens is 6. The lowest BCUT2D eigenvalue weighted by molar-refractivity contribution is 0.0117. The van der Waals surface area contributed by atoms with Crippen molar-refractivity contribution < 1.29 is 13.9 Å². The van der Waals surface area contributed by atoms with Crippen molar-refractivity contribution in [3.63, 3.8) is 0 Å². The van der Waals surface area contributed by atoms with Crippen molar-refractivity contribution in [2.24, 2.45) is 0 Å². The van der Waals surface area contributed by atoms with E-state index < -0.39 is 17.2 Å². The van der Waals surface area contributed by atoms with Crippen molar-refractivity contribution >= 4 is 0 Å². The van der Waals surface area contributed by atoms with Crippen molar-refractivity contribution in [2.75, 3.05) is 6.54 Å². The summed E-state index contributed by atoms with van der Waals surface area (Å²) in [7, 11) is 0. The van der Waals surface area contributed by atoms with Gasteiger partial charge < -0.3 is 10.4 Å². The topological polar surface area (TPSA) is 93.7 Å². The number of halogens is 2. The van der Waals surface area contributed by atoms with Gasteiger partial charge in [0.25, 0.3) is 0 Å². The first kappa shape index (κ1) is 20.8. The highest BCUT2D eigenvalue weighted by Crippen LogP contribution is 2.26. The van der Waals surface area contributed by atoms with Crippen LogP contribution in [0.5, 0.6) is 0 Å². The van der Waals surface area contributed by atoms with Gasteiger partial charge in [0.05, 0.1) is 25.0 Å². The summed E-state index contributed by atoms with van der Waals surface area (Å²) in [4.78, 5) is 3.85. The summed E-state index contributed by atoms with van der Waals surface area (Å²) in [5.74, 6) is -1.55. The molecule has 2 N–H and O–H groups in total. The molecule has 10 heteroatoms. The largest absolute Gasteiger partial charge is 0.382 e. The molecule has 0 aliphatic carbocycles. The Balaban J connectivity index is 1.44. The zero-order chi connectivity index (χ0) is 21.7. The van der Waals surface area contributed by atoms with Gasteiger partial charge in [-0.2, -0.15) is 5.10 Å². The molecule has 1 atom stereocenters. The Kier molecular flexibility index (Phi) is 6.10. The van der Waals surface area contributed by atoms with Crippen LogP contribution in [0.25, 0.3) is 0 Å². The molecule has 0 aliphatic rings. The molecule has 31 heavy (non-hydrogen) atoms. The molecule has 0 fully saturated rings. The van der Waals surface area contributed by atoms with Crippen LogP contribution in [0.3, 0.4) is 0 Å². The number of rotatable bonds is 9. The summed E-state index contributed by atoms with van der Waals surface area (Å²) < 4.78 is 30.9. The fourth-order valence-corrected chi connectivity index (χ4v) is 3.35. The highest BCUT2D eigenvalue weighted by Gasteiger charge is 2.33. The molecule has 2 aromatic heterocycles. The van der Waals surface area contributed by atoms with Crippen LogP contribution in [0.2, 0.25) is 0 Å². The minimum Gasteiger partial charge on any atom is -0.382 e. The molecular weight excluding hydrogens is 404 g/mol. The molecule has 8 nitrogen and oxygen atoms in total. The van der Waals surface area contributed by atoms with Gasteiger partial charge in [-0.15, -0.1) is 5.10 Å². The Morgan fingerprint density at radius 3 is 2.65 bits per heavy atom. The summed E-state index contributed by atoms with van der Waals surface area (Å²) in [6.45, 7) is 0.798. The summed E-state index contributed by atoms with van der Waals surface area (Å²) in [5.41, 5.74) is 0.0371. The lowest BCUT2D eigenvalue weighted by atomic mass is 9.92. The van der Waals surface area contributed by atoms with Gasteiger partial charge in [0, 0.05) is 24.7 Å². The summed E-state index contributed by atoms with van der Waals surface area (Å²) in [5, 5.41) is 26.5. The smallest absolute Gasteiger partial charge is 0.137 e. The molecule has 2 heterocycles. The van der Waals surface area contributed by atoms with E-state index >= 15 is 0 Å². The maximum atomic E-state index is 14.4.